The van der Waals surface area contributed by atoms with Gasteiger partial charge in [-0.15, -0.1) is 0 Å². The van der Waals surface area contributed by atoms with Gasteiger partial charge in [-0.1, -0.05) is 38.8 Å². The molecule has 2 rings (SSSR count). The average Bonchev–Trinajstić information content (AvgIpc) is 2.90. The van der Waals surface area contributed by atoms with Gasteiger partial charge in [0.2, 0.25) is 0 Å². The fourth-order valence-electron chi connectivity index (χ4n) is 3.62. The Morgan fingerprint density at radius 3 is 2.55 bits per heavy atom. The molecule has 0 aromatic heterocycles. The Kier molecular flexibility index (Phi) is 5.90. The van der Waals surface area contributed by atoms with Crippen molar-refractivity contribution in [2.45, 2.75) is 52.0 Å². The Morgan fingerprint density at radius 2 is 2.00 bits per heavy atom. The van der Waals surface area contributed by atoms with Gasteiger partial charge >= 0.3 is 0 Å². The molecule has 1 saturated carbocycles. The minimum Gasteiger partial charge on any atom is -0.497 e. The largest absolute Gasteiger partial charge is 0.497 e. The molecule has 3 atom stereocenters. The first kappa shape index (κ1) is 15.4. The van der Waals surface area contributed by atoms with E-state index in [1.54, 1.807) is 7.11 Å². The first-order valence-electron chi connectivity index (χ1n) is 8.11. The van der Waals surface area contributed by atoms with Crippen molar-refractivity contribution in [2.24, 2.45) is 11.8 Å². The zero-order chi connectivity index (χ0) is 14.4. The predicted octanol–water partition coefficient (Wildman–Crippen LogP) is 4.04. The molecule has 2 heteroatoms. The third kappa shape index (κ3) is 3.99. The lowest BCUT2D eigenvalue weighted by atomic mass is 9.86. The molecule has 2 nitrogen and oxygen atoms in total. The van der Waals surface area contributed by atoms with Gasteiger partial charge in [-0.3, -0.25) is 0 Å². The molecule has 1 aromatic carbocycles. The minimum absolute atomic E-state index is 0.680. The third-order valence-electron chi connectivity index (χ3n) is 4.81. The van der Waals surface area contributed by atoms with Crippen LogP contribution in [0.4, 0.5) is 0 Å². The van der Waals surface area contributed by atoms with Crippen molar-refractivity contribution < 1.29 is 4.74 Å². The van der Waals surface area contributed by atoms with E-state index >= 15 is 0 Å². The van der Waals surface area contributed by atoms with E-state index in [1.807, 2.05) is 0 Å². The number of aryl methyl sites for hydroxylation is 1. The third-order valence-corrected chi connectivity index (χ3v) is 4.81. The lowest BCUT2D eigenvalue weighted by molar-refractivity contribution is 0.287. The summed E-state index contributed by atoms with van der Waals surface area (Å²) in [6, 6.07) is 9.20. The van der Waals surface area contributed by atoms with Crippen molar-refractivity contribution in [3.8, 4) is 5.75 Å². The van der Waals surface area contributed by atoms with Crippen LogP contribution in [0.1, 0.15) is 45.1 Å². The summed E-state index contributed by atoms with van der Waals surface area (Å²) in [6.45, 7) is 5.73. The molecule has 0 amide bonds. The highest BCUT2D eigenvalue weighted by Crippen LogP contribution is 2.35. The minimum atomic E-state index is 0.680. The lowest BCUT2D eigenvalue weighted by Crippen LogP contribution is -2.37. The number of nitrogens with one attached hydrogen (secondary N) is 1. The molecule has 0 heterocycles. The molecule has 1 aliphatic rings. The summed E-state index contributed by atoms with van der Waals surface area (Å²) >= 11 is 0. The highest BCUT2D eigenvalue weighted by Gasteiger charge is 2.29. The summed E-state index contributed by atoms with van der Waals surface area (Å²) in [5.41, 5.74) is 1.42. The van der Waals surface area contributed by atoms with E-state index in [4.69, 9.17) is 4.74 Å². The Labute approximate surface area is 123 Å². The average molecular weight is 275 g/mol. The van der Waals surface area contributed by atoms with Gasteiger partial charge in [0.05, 0.1) is 7.11 Å². The second-order valence-corrected chi connectivity index (χ2v) is 6.12. The maximum Gasteiger partial charge on any atom is 0.118 e. The smallest absolute Gasteiger partial charge is 0.118 e. The summed E-state index contributed by atoms with van der Waals surface area (Å²) in [4.78, 5) is 0. The van der Waals surface area contributed by atoms with Crippen LogP contribution in [0.15, 0.2) is 24.3 Å². The van der Waals surface area contributed by atoms with Crippen LogP contribution in [0.25, 0.3) is 0 Å². The van der Waals surface area contributed by atoms with Gasteiger partial charge in [0.15, 0.2) is 0 Å². The van der Waals surface area contributed by atoms with E-state index in [0.717, 1.165) is 30.6 Å². The van der Waals surface area contributed by atoms with Crippen LogP contribution in [0.2, 0.25) is 0 Å². The number of benzene rings is 1. The van der Waals surface area contributed by atoms with Crippen LogP contribution in [0.3, 0.4) is 0 Å². The molecule has 0 radical (unpaired) electrons. The SMILES string of the molecule is CCNC(CCc1ccc(OC)cc1)C1CCCC1C. The van der Waals surface area contributed by atoms with Crippen LogP contribution in [0, 0.1) is 11.8 Å². The van der Waals surface area contributed by atoms with Gasteiger partial charge in [-0.25, -0.2) is 0 Å². The van der Waals surface area contributed by atoms with Gasteiger partial charge in [0, 0.05) is 6.04 Å². The predicted molar refractivity (Wildman–Crippen MR) is 85.3 cm³/mol. The number of rotatable bonds is 7. The fourth-order valence-corrected chi connectivity index (χ4v) is 3.62. The number of ether oxygens (including phenoxy) is 1. The molecule has 1 N–H and O–H groups in total. The summed E-state index contributed by atoms with van der Waals surface area (Å²) in [5, 5.41) is 3.72. The first-order chi connectivity index (χ1) is 9.74. The van der Waals surface area contributed by atoms with Crippen LogP contribution >= 0.6 is 0 Å². The summed E-state index contributed by atoms with van der Waals surface area (Å²) in [7, 11) is 1.72. The van der Waals surface area contributed by atoms with Crippen molar-refractivity contribution in [1.82, 2.24) is 5.32 Å². The van der Waals surface area contributed by atoms with Crippen molar-refractivity contribution in [3.05, 3.63) is 29.8 Å². The summed E-state index contributed by atoms with van der Waals surface area (Å²) < 4.78 is 5.22. The first-order valence-corrected chi connectivity index (χ1v) is 8.11. The molecule has 20 heavy (non-hydrogen) atoms. The van der Waals surface area contributed by atoms with Gasteiger partial charge in [-0.2, -0.15) is 0 Å². The quantitative estimate of drug-likeness (QED) is 0.811. The second kappa shape index (κ2) is 7.68. The van der Waals surface area contributed by atoms with Crippen LogP contribution in [-0.4, -0.2) is 19.7 Å². The van der Waals surface area contributed by atoms with Gasteiger partial charge in [-0.05, 0) is 55.3 Å². The van der Waals surface area contributed by atoms with Crippen molar-refractivity contribution in [3.63, 3.8) is 0 Å². The molecule has 0 saturated heterocycles. The molecule has 0 spiro atoms. The van der Waals surface area contributed by atoms with E-state index in [9.17, 15) is 0 Å². The molecule has 112 valence electrons. The van der Waals surface area contributed by atoms with E-state index in [-0.39, 0.29) is 0 Å². The normalized spacial score (nSPS) is 23.8. The van der Waals surface area contributed by atoms with E-state index in [2.05, 4.69) is 43.4 Å². The van der Waals surface area contributed by atoms with Gasteiger partial charge in [0.25, 0.3) is 0 Å². The topological polar surface area (TPSA) is 21.3 Å². The number of hydrogen-bond acceptors (Lipinski definition) is 2. The molecule has 1 aromatic rings. The zero-order valence-electron chi connectivity index (χ0n) is 13.2. The molecule has 0 aliphatic heterocycles. The van der Waals surface area contributed by atoms with Crippen LogP contribution in [0.5, 0.6) is 5.75 Å². The molecule has 1 fully saturated rings. The monoisotopic (exact) mass is 275 g/mol. The van der Waals surface area contributed by atoms with Crippen molar-refractivity contribution in [1.29, 1.82) is 0 Å². The molecule has 3 unspecified atom stereocenters. The number of methoxy groups -OCH3 is 1. The van der Waals surface area contributed by atoms with E-state index < -0.39 is 0 Å². The summed E-state index contributed by atoms with van der Waals surface area (Å²) in [5.74, 6) is 2.70. The standard InChI is InChI=1S/C18H29NO/c1-4-19-18(17-7-5-6-14(17)2)13-10-15-8-11-16(20-3)12-9-15/h8-9,11-12,14,17-19H,4-7,10,13H2,1-3H3. The van der Waals surface area contributed by atoms with Gasteiger partial charge in [0.1, 0.15) is 5.75 Å². The Hall–Kier alpha value is -1.02. The molecular formula is C18H29NO. The lowest BCUT2D eigenvalue weighted by Gasteiger charge is -2.28. The molecule has 0 bridgehead atoms. The Bertz CT molecular complexity index is 387. The Morgan fingerprint density at radius 1 is 1.25 bits per heavy atom. The van der Waals surface area contributed by atoms with Crippen molar-refractivity contribution in [2.75, 3.05) is 13.7 Å². The number of hydrogen-bond donors (Lipinski definition) is 1. The maximum absolute atomic E-state index is 5.22. The zero-order valence-corrected chi connectivity index (χ0v) is 13.2. The summed E-state index contributed by atoms with van der Waals surface area (Å²) in [6.07, 6.45) is 6.63. The maximum atomic E-state index is 5.22. The highest BCUT2D eigenvalue weighted by molar-refractivity contribution is 5.27. The van der Waals surface area contributed by atoms with Crippen LogP contribution < -0.4 is 10.1 Å². The highest BCUT2D eigenvalue weighted by atomic mass is 16.5. The van der Waals surface area contributed by atoms with Crippen LogP contribution in [-0.2, 0) is 6.42 Å². The van der Waals surface area contributed by atoms with Gasteiger partial charge < -0.3 is 10.1 Å². The molecule has 1 aliphatic carbocycles. The van der Waals surface area contributed by atoms with E-state index in [0.29, 0.717) is 6.04 Å². The van der Waals surface area contributed by atoms with E-state index in [1.165, 1.54) is 31.2 Å². The molecular weight excluding hydrogens is 246 g/mol. The second-order valence-electron chi connectivity index (χ2n) is 6.12. The Balaban J connectivity index is 1.90. The van der Waals surface area contributed by atoms with Crippen molar-refractivity contribution >= 4 is 0 Å². The fraction of sp³-hybridized carbons (Fsp3) is 0.667.